The molecule has 1 fully saturated rings. The van der Waals surface area contributed by atoms with E-state index in [0.29, 0.717) is 12.1 Å². The number of hydrogen-bond acceptors (Lipinski definition) is 3. The number of likely N-dealkylation sites (N-methyl/N-ethyl adjacent to an activating group) is 1. The number of nitrogens with one attached hydrogen (secondary N) is 2. The largest absolute Gasteiger partial charge is 1.00 e. The van der Waals surface area contributed by atoms with Crippen LogP contribution >= 0.6 is 12.4 Å². The number of para-hydroxylation sites is 2. The number of rotatable bonds is 2. The van der Waals surface area contributed by atoms with Crippen molar-refractivity contribution in [1.29, 1.82) is 0 Å². The second-order valence-electron chi connectivity index (χ2n) is 4.81. The molecule has 2 heterocycles. The Morgan fingerprint density at radius 2 is 2.16 bits per heavy atom. The summed E-state index contributed by atoms with van der Waals surface area (Å²) in [6, 6.07) is 8.19. The molecule has 0 aliphatic carbocycles. The second-order valence-corrected chi connectivity index (χ2v) is 4.81. The summed E-state index contributed by atoms with van der Waals surface area (Å²) in [6.07, 6.45) is 0.385. The lowest BCUT2D eigenvalue weighted by atomic mass is 10.1. The first-order valence-corrected chi connectivity index (χ1v) is 6.14. The number of aromatic nitrogens is 2. The predicted octanol–water partition coefficient (Wildman–Crippen LogP) is -0.934. The molecule has 2 unspecified atom stereocenters. The maximum absolute atomic E-state index is 4.67. The van der Waals surface area contributed by atoms with E-state index in [0.717, 1.165) is 29.9 Å². The minimum Gasteiger partial charge on any atom is -1.00 e. The van der Waals surface area contributed by atoms with Gasteiger partial charge in [-0.25, -0.2) is 4.98 Å². The van der Waals surface area contributed by atoms with Gasteiger partial charge in [0.25, 0.3) is 0 Å². The second kappa shape index (κ2) is 6.57. The van der Waals surface area contributed by atoms with Gasteiger partial charge in [0.15, 0.2) is 0 Å². The molecule has 19 heavy (non-hydrogen) atoms. The van der Waals surface area contributed by atoms with Gasteiger partial charge in [-0.2, -0.15) is 0 Å². The van der Waals surface area contributed by atoms with Gasteiger partial charge in [-0.1, -0.05) is 19.1 Å². The van der Waals surface area contributed by atoms with Crippen LogP contribution in [0.15, 0.2) is 24.3 Å². The van der Waals surface area contributed by atoms with Crippen molar-refractivity contribution in [3.05, 3.63) is 30.1 Å². The Hall–Kier alpha value is -0.810. The zero-order valence-electron chi connectivity index (χ0n) is 12.1. The lowest BCUT2D eigenvalue weighted by molar-refractivity contribution is -0.00000389. The van der Waals surface area contributed by atoms with Crippen LogP contribution in [0.4, 0.5) is 0 Å². The minimum atomic E-state index is 0. The van der Waals surface area contributed by atoms with Crippen LogP contribution in [-0.4, -0.2) is 41.2 Å². The van der Waals surface area contributed by atoms with Crippen molar-refractivity contribution in [2.75, 3.05) is 20.1 Å². The quantitative estimate of drug-likeness (QED) is 0.753. The van der Waals surface area contributed by atoms with E-state index in [-0.39, 0.29) is 26.2 Å². The van der Waals surface area contributed by atoms with Gasteiger partial charge < -0.3 is 17.4 Å². The fourth-order valence-corrected chi connectivity index (χ4v) is 2.58. The van der Waals surface area contributed by atoms with Crippen molar-refractivity contribution in [3.63, 3.8) is 0 Å². The predicted molar refractivity (Wildman–Crippen MR) is 77.3 cm³/mol. The first-order chi connectivity index (χ1) is 8.25. The number of benzene rings is 1. The van der Waals surface area contributed by atoms with Crippen LogP contribution in [-0.2, 0) is 0 Å². The summed E-state index contributed by atoms with van der Waals surface area (Å²) in [4.78, 5) is 10.4. The van der Waals surface area contributed by atoms with Crippen molar-refractivity contribution >= 4 is 23.4 Å². The van der Waals surface area contributed by atoms with E-state index in [1.165, 1.54) is 0 Å². The number of imidazole rings is 1. The standard InChI is InChI=1S/C13H18N4.2ClH/c1-9(13-14-7-8-17(13)2)12-15-10-5-3-4-6-11(10)16-12;;/h3-6,9,13-14H,7-8H2,1-2H3,(H,15,16);2*1H. The summed E-state index contributed by atoms with van der Waals surface area (Å²) in [5.41, 5.74) is 2.17. The lowest BCUT2D eigenvalue weighted by Gasteiger charge is -2.24. The minimum absolute atomic E-state index is 0. The highest BCUT2D eigenvalue weighted by molar-refractivity contribution is 5.85. The third kappa shape index (κ3) is 3.03. The van der Waals surface area contributed by atoms with E-state index >= 15 is 0 Å². The van der Waals surface area contributed by atoms with Crippen LogP contribution in [0, 0.1) is 0 Å². The van der Waals surface area contributed by atoms with Gasteiger partial charge in [0, 0.05) is 19.0 Å². The van der Waals surface area contributed by atoms with Crippen LogP contribution in [0.5, 0.6) is 0 Å². The van der Waals surface area contributed by atoms with E-state index in [1.807, 2.05) is 18.2 Å². The molecule has 6 heteroatoms. The Labute approximate surface area is 127 Å². The van der Waals surface area contributed by atoms with Gasteiger partial charge in [-0.15, -0.1) is 12.4 Å². The average molecular weight is 303 g/mol. The molecule has 2 aromatic rings. The van der Waals surface area contributed by atoms with Crippen molar-refractivity contribution in [1.82, 2.24) is 20.2 Å². The number of halogens is 2. The third-order valence-electron chi connectivity index (χ3n) is 3.61. The summed E-state index contributed by atoms with van der Waals surface area (Å²) in [7, 11) is 2.16. The maximum atomic E-state index is 4.67. The smallest absolute Gasteiger partial charge is 1.00 e. The highest BCUT2D eigenvalue weighted by atomic mass is 35.5. The molecular formula is C13H20Cl2N4. The maximum Gasteiger partial charge on any atom is 1.00 e. The molecule has 1 aliphatic rings. The lowest BCUT2D eigenvalue weighted by Crippen LogP contribution is -3.00. The van der Waals surface area contributed by atoms with E-state index < -0.39 is 0 Å². The zero-order chi connectivity index (χ0) is 11.8. The van der Waals surface area contributed by atoms with Crippen LogP contribution < -0.4 is 17.7 Å². The van der Waals surface area contributed by atoms with Gasteiger partial charge in [-0.05, 0) is 19.2 Å². The Kier molecular flexibility index (Phi) is 5.62. The van der Waals surface area contributed by atoms with Crippen LogP contribution in [0.3, 0.4) is 0 Å². The highest BCUT2D eigenvalue weighted by Gasteiger charge is 2.28. The summed E-state index contributed by atoms with van der Waals surface area (Å²) >= 11 is 0. The Morgan fingerprint density at radius 3 is 2.79 bits per heavy atom. The van der Waals surface area contributed by atoms with Gasteiger partial charge in [0.1, 0.15) is 5.82 Å². The molecule has 106 valence electrons. The summed E-state index contributed by atoms with van der Waals surface area (Å²) in [5, 5.41) is 3.51. The number of nitrogens with zero attached hydrogens (tertiary/aromatic N) is 2. The van der Waals surface area contributed by atoms with E-state index in [2.05, 4.69) is 40.2 Å². The van der Waals surface area contributed by atoms with Crippen molar-refractivity contribution in [3.8, 4) is 0 Å². The molecule has 1 saturated heterocycles. The number of fused-ring (bicyclic) bond motifs is 1. The van der Waals surface area contributed by atoms with Gasteiger partial charge >= 0.3 is 1.43 Å². The van der Waals surface area contributed by atoms with Crippen molar-refractivity contribution in [2.45, 2.75) is 19.0 Å². The van der Waals surface area contributed by atoms with Crippen LogP contribution in [0.2, 0.25) is 0 Å². The monoisotopic (exact) mass is 302 g/mol. The molecule has 0 spiro atoms. The Balaban J connectivity index is 0.00000120. The topological polar surface area (TPSA) is 44.0 Å². The van der Waals surface area contributed by atoms with Gasteiger partial charge in [-0.3, -0.25) is 10.2 Å². The summed E-state index contributed by atoms with van der Waals surface area (Å²) in [6.45, 7) is 4.39. The molecule has 0 saturated carbocycles. The number of H-pyrrole nitrogens is 1. The Bertz CT molecular complexity index is 501. The molecule has 2 atom stereocenters. The average Bonchev–Trinajstić information content (AvgIpc) is 2.93. The summed E-state index contributed by atoms with van der Waals surface area (Å²) < 4.78 is 0. The number of aromatic amines is 1. The molecule has 0 amide bonds. The van der Waals surface area contributed by atoms with E-state index in [4.69, 9.17) is 0 Å². The highest BCUT2D eigenvalue weighted by Crippen LogP contribution is 2.22. The molecule has 2 N–H and O–H groups in total. The molecular weight excluding hydrogens is 283 g/mol. The first kappa shape index (κ1) is 16.2. The fourth-order valence-electron chi connectivity index (χ4n) is 2.58. The summed E-state index contributed by atoms with van der Waals surface area (Å²) in [5.74, 6) is 1.44. The fraction of sp³-hybridized carbons (Fsp3) is 0.462. The van der Waals surface area contributed by atoms with Crippen molar-refractivity contribution < 1.29 is 13.8 Å². The number of hydrogen-bond donors (Lipinski definition) is 2. The van der Waals surface area contributed by atoms with Crippen LogP contribution in [0.25, 0.3) is 11.0 Å². The zero-order valence-corrected chi connectivity index (χ0v) is 12.6. The normalized spacial score (nSPS) is 20.8. The van der Waals surface area contributed by atoms with E-state index in [9.17, 15) is 0 Å². The molecule has 1 aromatic heterocycles. The molecule has 1 aromatic carbocycles. The van der Waals surface area contributed by atoms with Gasteiger partial charge in [0.2, 0.25) is 0 Å². The van der Waals surface area contributed by atoms with Crippen LogP contribution in [0.1, 0.15) is 20.1 Å². The third-order valence-corrected chi connectivity index (χ3v) is 3.61. The first-order valence-electron chi connectivity index (χ1n) is 6.14. The molecule has 0 radical (unpaired) electrons. The van der Waals surface area contributed by atoms with E-state index in [1.54, 1.807) is 0 Å². The molecule has 0 bridgehead atoms. The molecule has 3 rings (SSSR count). The molecule has 4 nitrogen and oxygen atoms in total. The van der Waals surface area contributed by atoms with Crippen molar-refractivity contribution in [2.24, 2.45) is 0 Å². The Morgan fingerprint density at radius 1 is 1.42 bits per heavy atom. The molecule has 1 aliphatic heterocycles. The van der Waals surface area contributed by atoms with Gasteiger partial charge in [0.05, 0.1) is 17.2 Å². The SMILES string of the molecule is CC(c1nc2ccccc2[nH]1)C1NCCN1C.Cl.[Cl-].[H+].